The van der Waals surface area contributed by atoms with Crippen molar-refractivity contribution in [1.82, 2.24) is 10.2 Å². The minimum absolute atomic E-state index is 0.0498. The van der Waals surface area contributed by atoms with Gasteiger partial charge < -0.3 is 15.0 Å². The molecule has 1 N–H and O–H groups in total. The van der Waals surface area contributed by atoms with Gasteiger partial charge in [-0.3, -0.25) is 4.79 Å². The molecule has 1 aromatic carbocycles. The molecule has 0 bridgehead atoms. The van der Waals surface area contributed by atoms with Gasteiger partial charge in [-0.1, -0.05) is 20.8 Å². The van der Waals surface area contributed by atoms with Crippen molar-refractivity contribution in [3.8, 4) is 5.75 Å². The lowest BCUT2D eigenvalue weighted by Gasteiger charge is -2.29. The Morgan fingerprint density at radius 2 is 1.91 bits per heavy atom. The number of amides is 1. The van der Waals surface area contributed by atoms with Crippen molar-refractivity contribution in [3.05, 3.63) is 29.1 Å². The number of benzene rings is 1. The van der Waals surface area contributed by atoms with E-state index in [0.717, 1.165) is 31.5 Å². The van der Waals surface area contributed by atoms with Gasteiger partial charge in [0.1, 0.15) is 11.6 Å². The molecule has 1 amide bonds. The van der Waals surface area contributed by atoms with E-state index in [1.54, 1.807) is 7.11 Å². The number of piperidine rings is 1. The molecule has 23 heavy (non-hydrogen) atoms. The molecule has 1 fully saturated rings. The van der Waals surface area contributed by atoms with E-state index >= 15 is 0 Å². The molecule has 1 heterocycles. The van der Waals surface area contributed by atoms with Crippen molar-refractivity contribution in [2.45, 2.75) is 45.1 Å². The van der Waals surface area contributed by atoms with Crippen LogP contribution in [0.2, 0.25) is 0 Å². The number of nitrogens with zero attached hydrogens (tertiary/aromatic N) is 1. The molecule has 0 aliphatic carbocycles. The molecule has 2 rings (SSSR count). The van der Waals surface area contributed by atoms with Crippen LogP contribution in [0.4, 0.5) is 4.39 Å². The summed E-state index contributed by atoms with van der Waals surface area (Å²) < 4.78 is 19.8. The monoisotopic (exact) mass is 322 g/mol. The number of ether oxygens (including phenoxy) is 1. The second kappa shape index (κ2) is 6.87. The highest BCUT2D eigenvalue weighted by atomic mass is 19.1. The Labute approximate surface area is 138 Å². The third-order valence-electron chi connectivity index (χ3n) is 4.40. The summed E-state index contributed by atoms with van der Waals surface area (Å²) in [6.45, 7) is 7.85. The van der Waals surface area contributed by atoms with Gasteiger partial charge in [0.15, 0.2) is 0 Å². The Balaban J connectivity index is 2.20. The van der Waals surface area contributed by atoms with Crippen LogP contribution in [0.1, 0.15) is 49.5 Å². The van der Waals surface area contributed by atoms with Crippen LogP contribution in [0.3, 0.4) is 0 Å². The first-order chi connectivity index (χ1) is 10.7. The highest BCUT2D eigenvalue weighted by molar-refractivity contribution is 5.95. The zero-order chi connectivity index (χ0) is 17.2. The number of carbonyl (C=O) groups excluding carboxylic acids is 1. The largest absolute Gasteiger partial charge is 0.496 e. The maximum Gasteiger partial charge on any atom is 0.254 e. The number of nitrogens with one attached hydrogen (secondary N) is 1. The second-order valence-electron chi connectivity index (χ2n) is 7.33. The van der Waals surface area contributed by atoms with Crippen LogP contribution in [-0.4, -0.2) is 44.1 Å². The Kier molecular flexibility index (Phi) is 5.30. The zero-order valence-corrected chi connectivity index (χ0v) is 14.7. The third-order valence-corrected chi connectivity index (χ3v) is 4.40. The van der Waals surface area contributed by atoms with Gasteiger partial charge in [-0.2, -0.15) is 0 Å². The Morgan fingerprint density at radius 3 is 2.43 bits per heavy atom. The molecule has 128 valence electrons. The molecule has 1 aliphatic heterocycles. The molecule has 0 atom stereocenters. The summed E-state index contributed by atoms with van der Waals surface area (Å²) >= 11 is 0. The summed E-state index contributed by atoms with van der Waals surface area (Å²) in [5, 5.41) is 2.94. The summed E-state index contributed by atoms with van der Waals surface area (Å²) in [7, 11) is 3.61. The molecule has 5 heteroatoms. The Bertz CT molecular complexity index is 573. The number of likely N-dealkylation sites (tertiary alicyclic amines) is 1. The van der Waals surface area contributed by atoms with Gasteiger partial charge in [-0.25, -0.2) is 4.39 Å². The molecule has 0 aromatic heterocycles. The number of rotatable bonds is 3. The van der Waals surface area contributed by atoms with Gasteiger partial charge >= 0.3 is 0 Å². The van der Waals surface area contributed by atoms with Crippen molar-refractivity contribution in [3.63, 3.8) is 0 Å². The van der Waals surface area contributed by atoms with Crippen LogP contribution < -0.4 is 10.1 Å². The third kappa shape index (κ3) is 4.22. The number of halogens is 1. The minimum atomic E-state index is -0.499. The molecule has 0 spiro atoms. The number of methoxy groups -OCH3 is 1. The van der Waals surface area contributed by atoms with Crippen molar-refractivity contribution < 1.29 is 13.9 Å². The first kappa shape index (κ1) is 17.7. The predicted octanol–water partition coefficient (Wildman–Crippen LogP) is 2.96. The summed E-state index contributed by atoms with van der Waals surface area (Å²) in [6, 6.07) is 3.04. The van der Waals surface area contributed by atoms with Crippen LogP contribution in [-0.2, 0) is 5.41 Å². The quantitative estimate of drug-likeness (QED) is 0.930. The highest BCUT2D eigenvalue weighted by Gasteiger charge is 2.25. The highest BCUT2D eigenvalue weighted by Crippen LogP contribution is 2.33. The Morgan fingerprint density at radius 1 is 1.30 bits per heavy atom. The first-order valence-electron chi connectivity index (χ1n) is 8.10. The number of carbonyl (C=O) groups is 1. The molecule has 0 saturated carbocycles. The summed E-state index contributed by atoms with van der Waals surface area (Å²) in [5.41, 5.74) is 0.553. The van der Waals surface area contributed by atoms with Gasteiger partial charge in [0.25, 0.3) is 5.91 Å². The van der Waals surface area contributed by atoms with Gasteiger partial charge in [0.2, 0.25) is 0 Å². The van der Waals surface area contributed by atoms with E-state index in [0.29, 0.717) is 5.75 Å². The van der Waals surface area contributed by atoms with Crippen molar-refractivity contribution in [2.75, 3.05) is 27.2 Å². The van der Waals surface area contributed by atoms with E-state index in [2.05, 4.69) is 17.3 Å². The maximum absolute atomic E-state index is 14.4. The predicted molar refractivity (Wildman–Crippen MR) is 89.6 cm³/mol. The fraction of sp³-hybridized carbons (Fsp3) is 0.611. The SMILES string of the molecule is COc1cc(C(=O)NC2CCN(C)CC2)c(F)cc1C(C)(C)C. The van der Waals surface area contributed by atoms with Gasteiger partial charge in [-0.05, 0) is 50.5 Å². The maximum atomic E-state index is 14.4. The number of hydrogen-bond donors (Lipinski definition) is 1. The van der Waals surface area contributed by atoms with E-state index < -0.39 is 5.82 Å². The standard InChI is InChI=1S/C18H27FN2O2/c1-18(2,3)14-11-15(19)13(10-16(14)23-5)17(22)20-12-6-8-21(4)9-7-12/h10-12H,6-9H2,1-5H3,(H,20,22). The summed E-state index contributed by atoms with van der Waals surface area (Å²) in [6.07, 6.45) is 1.78. The molecule has 1 aliphatic rings. The van der Waals surface area contributed by atoms with Crippen molar-refractivity contribution >= 4 is 5.91 Å². The van der Waals surface area contributed by atoms with Crippen LogP contribution >= 0.6 is 0 Å². The molecular formula is C18H27FN2O2. The second-order valence-corrected chi connectivity index (χ2v) is 7.33. The van der Waals surface area contributed by atoms with Crippen LogP contribution in [0, 0.1) is 5.82 Å². The normalized spacial score (nSPS) is 17.1. The fourth-order valence-electron chi connectivity index (χ4n) is 2.90. The van der Waals surface area contributed by atoms with E-state index in [-0.39, 0.29) is 22.9 Å². The zero-order valence-electron chi connectivity index (χ0n) is 14.7. The minimum Gasteiger partial charge on any atom is -0.496 e. The van der Waals surface area contributed by atoms with Gasteiger partial charge in [0.05, 0.1) is 12.7 Å². The molecule has 1 saturated heterocycles. The Hall–Kier alpha value is -1.62. The average Bonchev–Trinajstić information content (AvgIpc) is 2.48. The van der Waals surface area contributed by atoms with Crippen LogP contribution in [0.25, 0.3) is 0 Å². The molecule has 0 radical (unpaired) electrons. The molecule has 1 aromatic rings. The van der Waals surface area contributed by atoms with Crippen molar-refractivity contribution in [1.29, 1.82) is 0 Å². The van der Waals surface area contributed by atoms with E-state index in [4.69, 9.17) is 4.74 Å². The van der Waals surface area contributed by atoms with Gasteiger partial charge in [0, 0.05) is 11.6 Å². The van der Waals surface area contributed by atoms with Crippen LogP contribution in [0.5, 0.6) is 5.75 Å². The lowest BCUT2D eigenvalue weighted by Crippen LogP contribution is -2.43. The van der Waals surface area contributed by atoms with E-state index in [1.165, 1.54) is 12.1 Å². The average molecular weight is 322 g/mol. The summed E-state index contributed by atoms with van der Waals surface area (Å²) in [4.78, 5) is 14.7. The lowest BCUT2D eigenvalue weighted by atomic mass is 9.85. The van der Waals surface area contributed by atoms with Crippen LogP contribution in [0.15, 0.2) is 12.1 Å². The first-order valence-corrected chi connectivity index (χ1v) is 8.10. The fourth-order valence-corrected chi connectivity index (χ4v) is 2.90. The number of hydrogen-bond acceptors (Lipinski definition) is 3. The smallest absolute Gasteiger partial charge is 0.254 e. The lowest BCUT2D eigenvalue weighted by molar-refractivity contribution is 0.0912. The molecular weight excluding hydrogens is 295 g/mol. The van der Waals surface area contributed by atoms with E-state index in [1.807, 2.05) is 20.8 Å². The molecule has 4 nitrogen and oxygen atoms in total. The topological polar surface area (TPSA) is 41.6 Å². The van der Waals surface area contributed by atoms with Gasteiger partial charge in [-0.15, -0.1) is 0 Å². The summed E-state index contributed by atoms with van der Waals surface area (Å²) in [5.74, 6) is -0.315. The van der Waals surface area contributed by atoms with Crippen molar-refractivity contribution in [2.24, 2.45) is 0 Å². The van der Waals surface area contributed by atoms with E-state index in [9.17, 15) is 9.18 Å². The molecule has 0 unspecified atom stereocenters.